The number of amides is 1. The van der Waals surface area contributed by atoms with Crippen molar-refractivity contribution in [3.05, 3.63) is 29.3 Å². The number of aliphatic hydroxyl groups is 1. The van der Waals surface area contributed by atoms with Gasteiger partial charge in [0.25, 0.3) is 0 Å². The van der Waals surface area contributed by atoms with Crippen molar-refractivity contribution >= 4 is 11.6 Å². The number of rotatable bonds is 2. The normalized spacial score (nSPS) is 22.7. The van der Waals surface area contributed by atoms with E-state index in [0.717, 1.165) is 16.8 Å². The smallest absolute Gasteiger partial charge is 0.246 e. The van der Waals surface area contributed by atoms with Gasteiger partial charge in [0.15, 0.2) is 0 Å². The highest BCUT2D eigenvalue weighted by molar-refractivity contribution is 5.99. The molecule has 1 fully saturated rings. The minimum atomic E-state index is -0.525. The van der Waals surface area contributed by atoms with Crippen LogP contribution in [0.4, 0.5) is 5.69 Å². The molecule has 1 aromatic rings. The second-order valence-corrected chi connectivity index (χ2v) is 5.93. The largest absolute Gasteiger partial charge is 0.394 e. The molecule has 1 aliphatic rings. The fraction of sp³-hybridized carbons (Fsp3) is 0.533. The van der Waals surface area contributed by atoms with E-state index in [1.807, 2.05) is 50.8 Å². The fourth-order valence-corrected chi connectivity index (χ4v) is 2.78. The Hall–Kier alpha value is -1.39. The molecule has 2 rings (SSSR count). The summed E-state index contributed by atoms with van der Waals surface area (Å²) in [5, 5.41) is 12.6. The number of carbonyl (C=O) groups is 1. The van der Waals surface area contributed by atoms with E-state index in [9.17, 15) is 9.90 Å². The Kier molecular flexibility index (Phi) is 3.65. The lowest BCUT2D eigenvalue weighted by Gasteiger charge is -2.43. The van der Waals surface area contributed by atoms with Crippen LogP contribution in [0.5, 0.6) is 0 Å². The number of para-hydroxylation sites is 1. The number of aliphatic hydroxyl groups excluding tert-OH is 1. The van der Waals surface area contributed by atoms with Gasteiger partial charge in [0.05, 0.1) is 6.61 Å². The molecule has 1 saturated heterocycles. The molecular weight excluding hydrogens is 240 g/mol. The van der Waals surface area contributed by atoms with Crippen LogP contribution >= 0.6 is 0 Å². The molecule has 0 radical (unpaired) electrons. The average molecular weight is 262 g/mol. The minimum absolute atomic E-state index is 0.0563. The van der Waals surface area contributed by atoms with Crippen LogP contribution < -0.4 is 10.2 Å². The summed E-state index contributed by atoms with van der Waals surface area (Å²) in [6.07, 6.45) is 0. The predicted molar refractivity (Wildman–Crippen MR) is 76.4 cm³/mol. The topological polar surface area (TPSA) is 52.6 Å². The molecule has 1 heterocycles. The van der Waals surface area contributed by atoms with Gasteiger partial charge < -0.3 is 10.0 Å². The zero-order chi connectivity index (χ0) is 14.2. The SMILES string of the molecule is Cc1cccc(C)c1N1CC(C)(C)NC(CO)C1=O. The zero-order valence-electron chi connectivity index (χ0n) is 12.0. The van der Waals surface area contributed by atoms with Gasteiger partial charge in [-0.1, -0.05) is 18.2 Å². The number of nitrogens with zero attached hydrogens (tertiary/aromatic N) is 1. The Balaban J connectivity index is 2.45. The molecule has 0 aliphatic carbocycles. The van der Waals surface area contributed by atoms with Crippen LogP contribution in [-0.4, -0.2) is 35.7 Å². The quantitative estimate of drug-likeness (QED) is 0.846. The maximum absolute atomic E-state index is 12.5. The highest BCUT2D eigenvalue weighted by Crippen LogP contribution is 2.29. The van der Waals surface area contributed by atoms with Gasteiger partial charge in [0.1, 0.15) is 6.04 Å². The van der Waals surface area contributed by atoms with E-state index in [-0.39, 0.29) is 18.1 Å². The standard InChI is InChI=1S/C15H22N2O2/c1-10-6-5-7-11(2)13(10)17-9-15(3,4)16-12(8-18)14(17)19/h5-7,12,16,18H,8-9H2,1-4H3. The summed E-state index contributed by atoms with van der Waals surface area (Å²) < 4.78 is 0. The zero-order valence-corrected chi connectivity index (χ0v) is 12.0. The van der Waals surface area contributed by atoms with Crippen molar-refractivity contribution in [2.24, 2.45) is 0 Å². The third-order valence-corrected chi connectivity index (χ3v) is 3.57. The molecule has 0 spiro atoms. The summed E-state index contributed by atoms with van der Waals surface area (Å²) in [6, 6.07) is 5.50. The monoisotopic (exact) mass is 262 g/mol. The maximum Gasteiger partial charge on any atom is 0.246 e. The van der Waals surface area contributed by atoms with Crippen molar-refractivity contribution in [2.75, 3.05) is 18.1 Å². The van der Waals surface area contributed by atoms with Gasteiger partial charge in [-0.25, -0.2) is 0 Å². The summed E-state index contributed by atoms with van der Waals surface area (Å²) in [5.41, 5.74) is 2.93. The summed E-state index contributed by atoms with van der Waals surface area (Å²) in [5.74, 6) is -0.0563. The Morgan fingerprint density at radius 3 is 2.47 bits per heavy atom. The Morgan fingerprint density at radius 1 is 1.37 bits per heavy atom. The summed E-state index contributed by atoms with van der Waals surface area (Å²) in [7, 11) is 0. The second-order valence-electron chi connectivity index (χ2n) is 5.93. The van der Waals surface area contributed by atoms with Gasteiger partial charge in [0.2, 0.25) is 5.91 Å². The molecule has 0 saturated carbocycles. The Labute approximate surface area is 114 Å². The molecule has 1 atom stereocenters. The van der Waals surface area contributed by atoms with E-state index in [4.69, 9.17) is 0 Å². The molecule has 1 unspecified atom stereocenters. The first-order valence-corrected chi connectivity index (χ1v) is 6.62. The number of carbonyl (C=O) groups excluding carboxylic acids is 1. The molecule has 1 aromatic carbocycles. The second kappa shape index (κ2) is 4.94. The highest BCUT2D eigenvalue weighted by Gasteiger charge is 2.39. The molecule has 0 aromatic heterocycles. The lowest BCUT2D eigenvalue weighted by Crippen LogP contribution is -2.66. The average Bonchev–Trinajstić information content (AvgIpc) is 2.32. The first kappa shape index (κ1) is 14.0. The van der Waals surface area contributed by atoms with Crippen molar-refractivity contribution in [2.45, 2.75) is 39.3 Å². The van der Waals surface area contributed by atoms with Crippen LogP contribution in [0.3, 0.4) is 0 Å². The summed E-state index contributed by atoms with van der Waals surface area (Å²) in [6.45, 7) is 8.54. The van der Waals surface area contributed by atoms with Gasteiger partial charge in [-0.05, 0) is 38.8 Å². The van der Waals surface area contributed by atoms with Gasteiger partial charge in [0, 0.05) is 17.8 Å². The Morgan fingerprint density at radius 2 is 1.95 bits per heavy atom. The molecule has 2 N–H and O–H groups in total. The third kappa shape index (κ3) is 2.65. The molecule has 19 heavy (non-hydrogen) atoms. The van der Waals surface area contributed by atoms with E-state index in [0.29, 0.717) is 6.54 Å². The van der Waals surface area contributed by atoms with E-state index in [2.05, 4.69) is 5.32 Å². The molecule has 104 valence electrons. The lowest BCUT2D eigenvalue weighted by molar-refractivity contribution is -0.124. The van der Waals surface area contributed by atoms with Crippen LogP contribution in [0, 0.1) is 13.8 Å². The van der Waals surface area contributed by atoms with Crippen molar-refractivity contribution < 1.29 is 9.90 Å². The first-order valence-electron chi connectivity index (χ1n) is 6.62. The van der Waals surface area contributed by atoms with E-state index < -0.39 is 6.04 Å². The number of hydrogen-bond donors (Lipinski definition) is 2. The summed E-state index contributed by atoms with van der Waals surface area (Å²) in [4.78, 5) is 14.3. The number of hydrogen-bond acceptors (Lipinski definition) is 3. The van der Waals surface area contributed by atoms with Crippen molar-refractivity contribution in [3.63, 3.8) is 0 Å². The summed E-state index contributed by atoms with van der Waals surface area (Å²) >= 11 is 0. The maximum atomic E-state index is 12.5. The molecule has 1 aliphatic heterocycles. The van der Waals surface area contributed by atoms with E-state index in [1.165, 1.54) is 0 Å². The van der Waals surface area contributed by atoms with Gasteiger partial charge in [-0.3, -0.25) is 10.1 Å². The van der Waals surface area contributed by atoms with Gasteiger partial charge in [-0.15, -0.1) is 0 Å². The van der Waals surface area contributed by atoms with E-state index in [1.54, 1.807) is 0 Å². The van der Waals surface area contributed by atoms with Gasteiger partial charge >= 0.3 is 0 Å². The van der Waals surface area contributed by atoms with Crippen LogP contribution in [0.25, 0.3) is 0 Å². The minimum Gasteiger partial charge on any atom is -0.394 e. The molecular formula is C15H22N2O2. The fourth-order valence-electron chi connectivity index (χ4n) is 2.78. The molecule has 0 bridgehead atoms. The number of anilines is 1. The molecule has 4 heteroatoms. The first-order chi connectivity index (χ1) is 8.85. The van der Waals surface area contributed by atoms with Crippen LogP contribution in [0.15, 0.2) is 18.2 Å². The van der Waals surface area contributed by atoms with E-state index >= 15 is 0 Å². The van der Waals surface area contributed by atoms with Gasteiger partial charge in [-0.2, -0.15) is 0 Å². The number of nitrogens with one attached hydrogen (secondary N) is 1. The number of benzene rings is 1. The Bertz CT molecular complexity index is 477. The van der Waals surface area contributed by atoms with Crippen LogP contribution in [-0.2, 0) is 4.79 Å². The van der Waals surface area contributed by atoms with Crippen molar-refractivity contribution in [1.29, 1.82) is 0 Å². The van der Waals surface area contributed by atoms with Crippen molar-refractivity contribution in [1.82, 2.24) is 5.32 Å². The predicted octanol–water partition coefficient (Wildman–Crippen LogP) is 1.38. The van der Waals surface area contributed by atoms with Crippen LogP contribution in [0.2, 0.25) is 0 Å². The van der Waals surface area contributed by atoms with Crippen LogP contribution in [0.1, 0.15) is 25.0 Å². The lowest BCUT2D eigenvalue weighted by atomic mass is 9.96. The highest BCUT2D eigenvalue weighted by atomic mass is 16.3. The number of piperazine rings is 1. The molecule has 4 nitrogen and oxygen atoms in total. The third-order valence-electron chi connectivity index (χ3n) is 3.57. The van der Waals surface area contributed by atoms with Crippen molar-refractivity contribution in [3.8, 4) is 0 Å². The molecule has 1 amide bonds. The number of aryl methyl sites for hydroxylation is 2.